The van der Waals surface area contributed by atoms with Crippen molar-refractivity contribution in [3.05, 3.63) is 89.7 Å². The molecule has 0 unspecified atom stereocenters. The van der Waals surface area contributed by atoms with Crippen LogP contribution in [0.25, 0.3) is 0 Å². The van der Waals surface area contributed by atoms with Crippen LogP contribution in [-0.4, -0.2) is 30.4 Å². The quantitative estimate of drug-likeness (QED) is 0.0826. The molecule has 0 spiro atoms. The molecule has 0 aliphatic rings. The number of para-hydroxylation sites is 1. The Morgan fingerprint density at radius 1 is 0.714 bits per heavy atom. The molecule has 2 amide bonds. The predicted molar refractivity (Wildman–Crippen MR) is 168 cm³/mol. The number of benzene rings is 2. The maximum Gasteiger partial charge on any atom is 0.265 e. The van der Waals surface area contributed by atoms with Crippen LogP contribution in [0.2, 0.25) is 0 Å². The number of imide groups is 1. The van der Waals surface area contributed by atoms with Crippen molar-refractivity contribution in [2.24, 2.45) is 7.05 Å². The molecule has 0 fully saturated rings. The monoisotopic (exact) mass is 573 g/mol. The van der Waals surface area contributed by atoms with Crippen molar-refractivity contribution in [2.45, 2.75) is 90.5 Å². The molecule has 6 nitrogen and oxygen atoms in total. The number of rotatable bonds is 19. The van der Waals surface area contributed by atoms with Gasteiger partial charge in [-0.1, -0.05) is 95.8 Å². The highest BCUT2D eigenvalue weighted by Crippen LogP contribution is 2.23. The lowest BCUT2D eigenvalue weighted by Gasteiger charge is -2.21. The van der Waals surface area contributed by atoms with Crippen LogP contribution in [0.1, 0.15) is 110 Å². The zero-order valence-corrected chi connectivity index (χ0v) is 25.9. The number of carbonyl (C=O) groups excluding carboxylic acids is 2. The van der Waals surface area contributed by atoms with Crippen LogP contribution in [0.3, 0.4) is 0 Å². The summed E-state index contributed by atoms with van der Waals surface area (Å²) in [5, 5.41) is 0. The molecular formula is C36H49N2O4+. The van der Waals surface area contributed by atoms with E-state index < -0.39 is 5.91 Å². The molecule has 0 aliphatic heterocycles. The van der Waals surface area contributed by atoms with Gasteiger partial charge in [-0.25, -0.2) is 4.57 Å². The number of nitrogens with zero attached hydrogens (tertiary/aromatic N) is 2. The van der Waals surface area contributed by atoms with Crippen molar-refractivity contribution < 1.29 is 23.6 Å². The second-order valence-corrected chi connectivity index (χ2v) is 11.0. The van der Waals surface area contributed by atoms with Gasteiger partial charge in [0.2, 0.25) is 5.69 Å². The van der Waals surface area contributed by atoms with Crippen molar-refractivity contribution in [2.75, 3.05) is 13.7 Å². The van der Waals surface area contributed by atoms with E-state index in [9.17, 15) is 9.59 Å². The summed E-state index contributed by atoms with van der Waals surface area (Å²) < 4.78 is 13.3. The molecule has 3 rings (SSSR count). The molecule has 0 N–H and O–H groups in total. The molecule has 0 radical (unpaired) electrons. The van der Waals surface area contributed by atoms with Crippen LogP contribution >= 0.6 is 0 Å². The van der Waals surface area contributed by atoms with Crippen LogP contribution < -0.4 is 14.0 Å². The summed E-state index contributed by atoms with van der Waals surface area (Å²) in [6.45, 7) is 3.05. The van der Waals surface area contributed by atoms with Crippen molar-refractivity contribution in [1.29, 1.82) is 0 Å². The molecule has 1 aromatic heterocycles. The highest BCUT2D eigenvalue weighted by Gasteiger charge is 2.28. The normalized spacial score (nSPS) is 10.8. The smallest absolute Gasteiger partial charge is 0.265 e. The van der Waals surface area contributed by atoms with Gasteiger partial charge >= 0.3 is 0 Å². The summed E-state index contributed by atoms with van der Waals surface area (Å²) >= 11 is 0. The number of hydrogen-bond acceptors (Lipinski definition) is 4. The minimum atomic E-state index is -0.409. The van der Waals surface area contributed by atoms with Gasteiger partial charge in [0.1, 0.15) is 25.1 Å². The van der Waals surface area contributed by atoms with Crippen LogP contribution in [0.4, 0.5) is 0 Å². The summed E-state index contributed by atoms with van der Waals surface area (Å²) in [6.07, 6.45) is 17.6. The van der Waals surface area contributed by atoms with E-state index in [0.29, 0.717) is 23.5 Å². The molecule has 0 saturated heterocycles. The Labute approximate surface area is 252 Å². The summed E-state index contributed by atoms with van der Waals surface area (Å²) in [5.41, 5.74) is 1.60. The molecule has 226 valence electrons. The number of carbonyl (C=O) groups is 2. The first-order chi connectivity index (χ1) is 20.5. The van der Waals surface area contributed by atoms with Crippen molar-refractivity contribution in [1.82, 2.24) is 4.90 Å². The number of aryl methyl sites for hydroxylation is 1. The zero-order valence-electron chi connectivity index (χ0n) is 25.9. The van der Waals surface area contributed by atoms with Crippen LogP contribution in [-0.2, 0) is 13.6 Å². The van der Waals surface area contributed by atoms with Gasteiger partial charge in [-0.2, -0.15) is 0 Å². The molecule has 1 heterocycles. The van der Waals surface area contributed by atoms with Crippen molar-refractivity contribution in [3.63, 3.8) is 0 Å². The molecule has 0 saturated carbocycles. The van der Waals surface area contributed by atoms with Crippen molar-refractivity contribution in [3.8, 4) is 11.5 Å². The molecule has 0 aliphatic carbocycles. The summed E-state index contributed by atoms with van der Waals surface area (Å²) in [7, 11) is 3.42. The molecule has 2 aromatic carbocycles. The average molecular weight is 574 g/mol. The minimum absolute atomic E-state index is 0.129. The van der Waals surface area contributed by atoms with Gasteiger partial charge in [0.05, 0.1) is 19.3 Å². The number of ether oxygens (including phenoxy) is 2. The fourth-order valence-electron chi connectivity index (χ4n) is 5.07. The van der Waals surface area contributed by atoms with Gasteiger partial charge in [0.15, 0.2) is 6.20 Å². The molecule has 6 heteroatoms. The van der Waals surface area contributed by atoms with E-state index in [1.165, 1.54) is 82.6 Å². The van der Waals surface area contributed by atoms with E-state index in [2.05, 4.69) is 6.92 Å². The maximum absolute atomic E-state index is 13.7. The van der Waals surface area contributed by atoms with Gasteiger partial charge in [-0.05, 0) is 42.8 Å². The van der Waals surface area contributed by atoms with Crippen LogP contribution in [0, 0.1) is 0 Å². The first-order valence-corrected chi connectivity index (χ1v) is 15.7. The lowest BCUT2D eigenvalue weighted by molar-refractivity contribution is -0.679. The number of hydrogen-bond donors (Lipinski definition) is 0. The summed E-state index contributed by atoms with van der Waals surface area (Å²) in [6, 6.07) is 19.8. The van der Waals surface area contributed by atoms with E-state index >= 15 is 0 Å². The molecule has 0 bridgehead atoms. The second kappa shape index (κ2) is 18.7. The lowest BCUT2D eigenvalue weighted by Crippen LogP contribution is -2.42. The number of unbranched alkanes of at least 4 members (excludes halogenated alkanes) is 11. The van der Waals surface area contributed by atoms with E-state index in [0.717, 1.165) is 17.9 Å². The number of aromatic nitrogens is 1. The van der Waals surface area contributed by atoms with Gasteiger partial charge < -0.3 is 9.47 Å². The Morgan fingerprint density at radius 3 is 1.93 bits per heavy atom. The van der Waals surface area contributed by atoms with E-state index in [1.54, 1.807) is 36.4 Å². The fourth-order valence-corrected chi connectivity index (χ4v) is 5.07. The standard InChI is InChI=1S/C36H49N2O4/c1-4-5-6-7-8-9-10-11-12-13-14-19-28-42-32-25-23-30(24-26-32)35(39)38(29-31-20-17-18-27-37(31)2)36(40)33-21-15-16-22-34(33)41-3/h15-18,20-27H,4-14,19,28-29H2,1-3H3/q+1. The summed E-state index contributed by atoms with van der Waals surface area (Å²) in [4.78, 5) is 28.6. The van der Waals surface area contributed by atoms with Crippen molar-refractivity contribution >= 4 is 11.8 Å². The molecule has 0 atom stereocenters. The largest absolute Gasteiger partial charge is 0.496 e. The predicted octanol–water partition coefficient (Wildman–Crippen LogP) is 8.08. The van der Waals surface area contributed by atoms with Crippen LogP contribution in [0.5, 0.6) is 11.5 Å². The van der Waals surface area contributed by atoms with Gasteiger partial charge in [0, 0.05) is 17.7 Å². The Morgan fingerprint density at radius 2 is 1.31 bits per heavy atom. The highest BCUT2D eigenvalue weighted by atomic mass is 16.5. The molecule has 42 heavy (non-hydrogen) atoms. The first-order valence-electron chi connectivity index (χ1n) is 15.7. The Kier molecular flexibility index (Phi) is 14.6. The Hall–Kier alpha value is -3.67. The fraction of sp³-hybridized carbons (Fsp3) is 0.472. The number of methoxy groups -OCH3 is 1. The second-order valence-electron chi connectivity index (χ2n) is 11.0. The number of amides is 2. The molecule has 3 aromatic rings. The van der Waals surface area contributed by atoms with E-state index in [4.69, 9.17) is 9.47 Å². The van der Waals surface area contributed by atoms with Gasteiger partial charge in [-0.3, -0.25) is 14.5 Å². The third-order valence-electron chi connectivity index (χ3n) is 7.68. The van der Waals surface area contributed by atoms with Gasteiger partial charge in [-0.15, -0.1) is 0 Å². The number of pyridine rings is 1. The topological polar surface area (TPSA) is 59.7 Å². The average Bonchev–Trinajstić information content (AvgIpc) is 3.02. The minimum Gasteiger partial charge on any atom is -0.496 e. The summed E-state index contributed by atoms with van der Waals surface area (Å²) in [5.74, 6) is 0.377. The lowest BCUT2D eigenvalue weighted by atomic mass is 10.1. The Balaban J connectivity index is 1.50. The third-order valence-corrected chi connectivity index (χ3v) is 7.68. The maximum atomic E-state index is 13.7. The third kappa shape index (κ3) is 10.6. The van der Waals surface area contributed by atoms with E-state index in [1.807, 2.05) is 48.1 Å². The zero-order chi connectivity index (χ0) is 30.0. The van der Waals surface area contributed by atoms with E-state index in [-0.39, 0.29) is 12.5 Å². The first kappa shape index (κ1) is 32.8. The highest BCUT2D eigenvalue weighted by molar-refractivity contribution is 6.11. The van der Waals surface area contributed by atoms with Gasteiger partial charge in [0.25, 0.3) is 11.8 Å². The molecular weight excluding hydrogens is 524 g/mol. The Bertz CT molecular complexity index is 1230. The van der Waals surface area contributed by atoms with Crippen LogP contribution in [0.15, 0.2) is 72.9 Å². The SMILES string of the molecule is CCCCCCCCCCCCCCOc1ccc(C(=O)N(Cc2cccc[n+]2C)C(=O)c2ccccc2OC)cc1.